The van der Waals surface area contributed by atoms with Gasteiger partial charge in [0.25, 0.3) is 5.69 Å². The molecule has 0 aliphatic rings. The molecule has 0 fully saturated rings. The van der Waals surface area contributed by atoms with Gasteiger partial charge in [-0.25, -0.2) is 0 Å². The quantitative estimate of drug-likeness (QED) is 0.323. The molecule has 0 spiro atoms. The number of hydrogen-bond donors (Lipinski definition) is 0. The SMILES string of the molecule is CCOc1c(Cl)cc(C=C(C#N)c2cccc([N+](=O)[O-])c2)cc1OC. The van der Waals surface area contributed by atoms with Crippen molar-refractivity contribution in [1.82, 2.24) is 0 Å². The number of nitro benzene ring substituents is 1. The van der Waals surface area contributed by atoms with E-state index in [-0.39, 0.29) is 11.3 Å². The largest absolute Gasteiger partial charge is 0.493 e. The molecule has 7 heteroatoms. The van der Waals surface area contributed by atoms with E-state index in [4.69, 9.17) is 21.1 Å². The topological polar surface area (TPSA) is 85.4 Å². The Morgan fingerprint density at radius 3 is 2.76 bits per heavy atom. The lowest BCUT2D eigenvalue weighted by molar-refractivity contribution is -0.384. The molecule has 0 aliphatic heterocycles. The number of benzene rings is 2. The highest BCUT2D eigenvalue weighted by molar-refractivity contribution is 6.32. The number of hydrogen-bond acceptors (Lipinski definition) is 5. The molecule has 0 bridgehead atoms. The predicted octanol–water partition coefficient (Wildman–Crippen LogP) is 4.72. The van der Waals surface area contributed by atoms with Crippen molar-refractivity contribution < 1.29 is 14.4 Å². The van der Waals surface area contributed by atoms with Crippen LogP contribution in [0.5, 0.6) is 11.5 Å². The van der Waals surface area contributed by atoms with Crippen molar-refractivity contribution in [2.75, 3.05) is 13.7 Å². The van der Waals surface area contributed by atoms with E-state index in [0.717, 1.165) is 0 Å². The fourth-order valence-corrected chi connectivity index (χ4v) is 2.52. The normalized spacial score (nSPS) is 10.9. The summed E-state index contributed by atoms with van der Waals surface area (Å²) in [4.78, 5) is 10.4. The minimum atomic E-state index is -0.505. The standard InChI is InChI=1S/C18H15ClN2O4/c1-3-25-18-16(19)8-12(9-17(18)24-2)7-14(11-20)13-5-4-6-15(10-13)21(22)23/h4-10H,3H2,1-2H3. The van der Waals surface area contributed by atoms with E-state index in [1.54, 1.807) is 24.3 Å². The van der Waals surface area contributed by atoms with Crippen LogP contribution in [0, 0.1) is 21.4 Å². The second-order valence-electron chi connectivity index (χ2n) is 4.94. The van der Waals surface area contributed by atoms with Crippen molar-refractivity contribution in [2.24, 2.45) is 0 Å². The number of halogens is 1. The molecule has 128 valence electrons. The van der Waals surface area contributed by atoms with Crippen LogP contribution in [0.2, 0.25) is 5.02 Å². The first-order valence-corrected chi connectivity index (χ1v) is 7.75. The molecule has 2 rings (SSSR count). The number of methoxy groups -OCH3 is 1. The van der Waals surface area contributed by atoms with Crippen molar-refractivity contribution in [3.8, 4) is 17.6 Å². The molecule has 0 saturated heterocycles. The van der Waals surface area contributed by atoms with E-state index in [1.807, 2.05) is 6.92 Å². The molecule has 0 atom stereocenters. The Hall–Kier alpha value is -3.04. The highest BCUT2D eigenvalue weighted by Gasteiger charge is 2.13. The first-order chi connectivity index (χ1) is 12.0. The van der Waals surface area contributed by atoms with Crippen LogP contribution in [0.1, 0.15) is 18.1 Å². The van der Waals surface area contributed by atoms with Crippen LogP contribution in [-0.4, -0.2) is 18.6 Å². The van der Waals surface area contributed by atoms with E-state index in [0.29, 0.717) is 34.3 Å². The Morgan fingerprint density at radius 1 is 1.40 bits per heavy atom. The number of nitriles is 1. The van der Waals surface area contributed by atoms with Crippen LogP contribution in [0.25, 0.3) is 11.6 Å². The summed E-state index contributed by atoms with van der Waals surface area (Å²) in [5.41, 5.74) is 1.25. The molecule has 0 unspecified atom stereocenters. The van der Waals surface area contributed by atoms with Crippen LogP contribution in [0.4, 0.5) is 5.69 Å². The third-order valence-corrected chi connectivity index (χ3v) is 3.62. The summed E-state index contributed by atoms with van der Waals surface area (Å²) >= 11 is 6.23. The van der Waals surface area contributed by atoms with Gasteiger partial charge in [0.05, 0.1) is 35.3 Å². The third-order valence-electron chi connectivity index (χ3n) is 3.34. The summed E-state index contributed by atoms with van der Waals surface area (Å²) in [7, 11) is 1.49. The molecule has 25 heavy (non-hydrogen) atoms. The van der Waals surface area contributed by atoms with Gasteiger partial charge in [0.1, 0.15) is 0 Å². The average molecular weight is 359 g/mol. The first kappa shape index (κ1) is 18.3. The van der Waals surface area contributed by atoms with Gasteiger partial charge in [-0.1, -0.05) is 23.7 Å². The number of nitro groups is 1. The molecule has 6 nitrogen and oxygen atoms in total. The minimum absolute atomic E-state index is 0.0824. The third kappa shape index (κ3) is 4.28. The molecule has 0 heterocycles. The molecule has 2 aromatic carbocycles. The summed E-state index contributed by atoms with van der Waals surface area (Å²) < 4.78 is 10.7. The van der Waals surface area contributed by atoms with Crippen LogP contribution in [-0.2, 0) is 0 Å². The lowest BCUT2D eigenvalue weighted by Gasteiger charge is -2.12. The van der Waals surface area contributed by atoms with Crippen molar-refractivity contribution >= 4 is 28.9 Å². The van der Waals surface area contributed by atoms with Gasteiger partial charge in [-0.05, 0) is 36.3 Å². The van der Waals surface area contributed by atoms with Crippen molar-refractivity contribution in [3.63, 3.8) is 0 Å². The maximum atomic E-state index is 10.9. The summed E-state index contributed by atoms with van der Waals surface area (Å²) in [5.74, 6) is 0.870. The number of ether oxygens (including phenoxy) is 2. The molecule has 0 saturated carbocycles. The highest BCUT2D eigenvalue weighted by Crippen LogP contribution is 2.37. The molecule has 0 N–H and O–H groups in total. The number of allylic oxidation sites excluding steroid dienone is 1. The Balaban J connectivity index is 2.50. The van der Waals surface area contributed by atoms with Crippen molar-refractivity contribution in [1.29, 1.82) is 5.26 Å². The number of non-ortho nitro benzene ring substituents is 1. The second-order valence-corrected chi connectivity index (χ2v) is 5.35. The van der Waals surface area contributed by atoms with Gasteiger partial charge in [-0.3, -0.25) is 10.1 Å². The first-order valence-electron chi connectivity index (χ1n) is 7.37. The maximum Gasteiger partial charge on any atom is 0.270 e. The maximum absolute atomic E-state index is 10.9. The predicted molar refractivity (Wildman–Crippen MR) is 95.8 cm³/mol. The van der Waals surface area contributed by atoms with E-state index in [2.05, 4.69) is 6.07 Å². The van der Waals surface area contributed by atoms with E-state index in [1.165, 1.54) is 25.3 Å². The second kappa shape index (κ2) is 8.18. The molecule has 0 radical (unpaired) electrons. The van der Waals surface area contributed by atoms with Crippen LogP contribution >= 0.6 is 11.6 Å². The smallest absolute Gasteiger partial charge is 0.270 e. The average Bonchev–Trinajstić information content (AvgIpc) is 2.61. The highest BCUT2D eigenvalue weighted by atomic mass is 35.5. The Bertz CT molecular complexity index is 872. The van der Waals surface area contributed by atoms with Gasteiger partial charge in [0.15, 0.2) is 11.5 Å². The van der Waals surface area contributed by atoms with Gasteiger partial charge in [0.2, 0.25) is 0 Å². The fourth-order valence-electron chi connectivity index (χ4n) is 2.24. The van der Waals surface area contributed by atoms with Gasteiger partial charge in [-0.2, -0.15) is 5.26 Å². The van der Waals surface area contributed by atoms with Crippen molar-refractivity contribution in [2.45, 2.75) is 6.92 Å². The Labute approximate surface area is 150 Å². The zero-order valence-electron chi connectivity index (χ0n) is 13.7. The summed E-state index contributed by atoms with van der Waals surface area (Å²) in [6.45, 7) is 2.27. The molecular formula is C18H15ClN2O4. The lowest BCUT2D eigenvalue weighted by atomic mass is 10.0. The minimum Gasteiger partial charge on any atom is -0.493 e. The summed E-state index contributed by atoms with van der Waals surface area (Å²) in [6, 6.07) is 11.3. The van der Waals surface area contributed by atoms with Crippen molar-refractivity contribution in [3.05, 3.63) is 62.7 Å². The van der Waals surface area contributed by atoms with Gasteiger partial charge in [-0.15, -0.1) is 0 Å². The molecule has 0 aliphatic carbocycles. The zero-order chi connectivity index (χ0) is 18.4. The zero-order valence-corrected chi connectivity index (χ0v) is 14.4. The fraction of sp³-hybridized carbons (Fsp3) is 0.167. The molecule has 2 aromatic rings. The Kier molecular flexibility index (Phi) is 5.98. The molecule has 0 aromatic heterocycles. The van der Waals surface area contributed by atoms with Crippen LogP contribution < -0.4 is 9.47 Å². The van der Waals surface area contributed by atoms with E-state index >= 15 is 0 Å². The molecule has 0 amide bonds. The van der Waals surface area contributed by atoms with Gasteiger partial charge in [0, 0.05) is 12.1 Å². The molecular weight excluding hydrogens is 344 g/mol. The number of rotatable bonds is 6. The summed E-state index contributed by atoms with van der Waals surface area (Å²) in [5, 5.41) is 20.7. The van der Waals surface area contributed by atoms with Gasteiger partial charge < -0.3 is 9.47 Å². The van der Waals surface area contributed by atoms with E-state index in [9.17, 15) is 15.4 Å². The van der Waals surface area contributed by atoms with E-state index < -0.39 is 4.92 Å². The lowest BCUT2D eigenvalue weighted by Crippen LogP contribution is -1.97. The Morgan fingerprint density at radius 2 is 2.16 bits per heavy atom. The number of nitrogens with zero attached hydrogens (tertiary/aromatic N) is 2. The summed E-state index contributed by atoms with van der Waals surface area (Å²) in [6.07, 6.45) is 1.59. The van der Waals surface area contributed by atoms with Gasteiger partial charge >= 0.3 is 0 Å². The monoisotopic (exact) mass is 358 g/mol. The van der Waals surface area contributed by atoms with Crippen LogP contribution in [0.15, 0.2) is 36.4 Å². The van der Waals surface area contributed by atoms with Crippen LogP contribution in [0.3, 0.4) is 0 Å².